The smallest absolute Gasteiger partial charge is 0.289 e. The molecule has 0 aromatic heterocycles. The van der Waals surface area contributed by atoms with Gasteiger partial charge in [0.05, 0.1) is 6.04 Å². The monoisotopic (exact) mass is 556 g/mol. The van der Waals surface area contributed by atoms with Crippen molar-refractivity contribution in [1.29, 1.82) is 0 Å². The number of Topliss-reactive ketones (excluding diaryl/α,β-unsaturated/α-hetero) is 1. The number of ketones is 1. The van der Waals surface area contributed by atoms with Crippen LogP contribution in [0.3, 0.4) is 0 Å². The molecule has 4 N–H and O–H groups in total. The van der Waals surface area contributed by atoms with E-state index in [1.165, 1.54) is 6.92 Å². The van der Waals surface area contributed by atoms with E-state index < -0.39 is 53.0 Å². The minimum Gasteiger partial charge on any atom is -0.345 e. The second-order valence-corrected chi connectivity index (χ2v) is 11.2. The van der Waals surface area contributed by atoms with E-state index in [1.807, 2.05) is 30.3 Å². The average molecular weight is 557 g/mol. The van der Waals surface area contributed by atoms with Gasteiger partial charge >= 0.3 is 0 Å². The molecule has 3 atom stereocenters. The molecule has 0 bridgehead atoms. The first-order valence-electron chi connectivity index (χ1n) is 12.7. The van der Waals surface area contributed by atoms with Crippen molar-refractivity contribution in [2.75, 3.05) is 0 Å². The standard InChI is InChI=1S/C29H37ClN4O5/c1-17(2)22(23(35)27(38)31-16-19-10-8-7-9-11-19)33-25(36)18(3)32-28(39)24(29(4,5)6)34-26(37)20-12-14-21(30)15-13-20/h7-15,17-18,22,24H,16H2,1-6H3,(H,31,38)(H,32,39)(H,33,36)(H,34,37)/t18-,22-,24+/m0/s1. The molecule has 0 heterocycles. The second-order valence-electron chi connectivity index (χ2n) is 10.8. The second kappa shape index (κ2) is 13.9. The summed E-state index contributed by atoms with van der Waals surface area (Å²) in [6.07, 6.45) is 0. The van der Waals surface area contributed by atoms with Gasteiger partial charge in [0, 0.05) is 17.1 Å². The summed E-state index contributed by atoms with van der Waals surface area (Å²) in [7, 11) is 0. The van der Waals surface area contributed by atoms with E-state index >= 15 is 0 Å². The zero-order chi connectivity index (χ0) is 29.3. The minimum absolute atomic E-state index is 0.173. The van der Waals surface area contributed by atoms with Crippen molar-refractivity contribution < 1.29 is 24.0 Å². The molecule has 10 heteroatoms. The summed E-state index contributed by atoms with van der Waals surface area (Å²) in [5, 5.41) is 11.0. The van der Waals surface area contributed by atoms with Gasteiger partial charge in [-0.3, -0.25) is 24.0 Å². The molecule has 2 aromatic rings. The summed E-state index contributed by atoms with van der Waals surface area (Å²) >= 11 is 5.89. The summed E-state index contributed by atoms with van der Waals surface area (Å²) in [4.78, 5) is 64.2. The number of carbonyl (C=O) groups is 5. The Kier molecular flexibility index (Phi) is 11.2. The maximum Gasteiger partial charge on any atom is 0.289 e. The van der Waals surface area contributed by atoms with Gasteiger partial charge in [-0.25, -0.2) is 0 Å². The first-order chi connectivity index (χ1) is 18.2. The highest BCUT2D eigenvalue weighted by atomic mass is 35.5. The van der Waals surface area contributed by atoms with Gasteiger partial charge in [-0.15, -0.1) is 0 Å². The third-order valence-corrected chi connectivity index (χ3v) is 6.28. The first kappa shape index (κ1) is 31.5. The molecule has 39 heavy (non-hydrogen) atoms. The Hall–Kier alpha value is -3.72. The number of hydrogen-bond acceptors (Lipinski definition) is 5. The highest BCUT2D eigenvalue weighted by Crippen LogP contribution is 2.20. The molecule has 4 amide bonds. The van der Waals surface area contributed by atoms with Gasteiger partial charge in [0.2, 0.25) is 17.6 Å². The van der Waals surface area contributed by atoms with E-state index in [2.05, 4.69) is 21.3 Å². The SMILES string of the molecule is CC(C)[C@H](NC(=O)[C@H](C)NC(=O)[C@@H](NC(=O)c1ccc(Cl)cc1)C(C)(C)C)C(=O)C(=O)NCc1ccccc1. The molecule has 0 aliphatic rings. The summed E-state index contributed by atoms with van der Waals surface area (Å²) in [6, 6.07) is 12.3. The van der Waals surface area contributed by atoms with E-state index in [0.29, 0.717) is 10.6 Å². The van der Waals surface area contributed by atoms with Crippen molar-refractivity contribution in [3.8, 4) is 0 Å². The Bertz CT molecular complexity index is 1180. The predicted octanol–water partition coefficient (Wildman–Crippen LogP) is 3.02. The van der Waals surface area contributed by atoms with Crippen LogP contribution in [-0.4, -0.2) is 47.5 Å². The number of rotatable bonds is 11. The van der Waals surface area contributed by atoms with Gasteiger partial charge in [0.25, 0.3) is 11.8 Å². The summed E-state index contributed by atoms with van der Waals surface area (Å²) in [5.74, 6) is -3.65. The highest BCUT2D eigenvalue weighted by molar-refractivity contribution is 6.38. The molecule has 210 valence electrons. The molecule has 0 fully saturated rings. The Balaban J connectivity index is 2.03. The Morgan fingerprint density at radius 1 is 0.795 bits per heavy atom. The van der Waals surface area contributed by atoms with E-state index in [1.54, 1.807) is 58.9 Å². The summed E-state index contributed by atoms with van der Waals surface area (Å²) in [6.45, 7) is 10.4. The van der Waals surface area contributed by atoms with Crippen LogP contribution in [0.5, 0.6) is 0 Å². The van der Waals surface area contributed by atoms with Crippen LogP contribution in [0, 0.1) is 11.3 Å². The van der Waals surface area contributed by atoms with Crippen LogP contribution in [0.25, 0.3) is 0 Å². The molecular formula is C29H37ClN4O5. The van der Waals surface area contributed by atoms with Gasteiger partial charge in [-0.2, -0.15) is 0 Å². The van der Waals surface area contributed by atoms with Gasteiger partial charge in [-0.1, -0.05) is 76.6 Å². The van der Waals surface area contributed by atoms with Crippen molar-refractivity contribution in [2.24, 2.45) is 11.3 Å². The normalized spacial score (nSPS) is 13.5. The van der Waals surface area contributed by atoms with Crippen molar-refractivity contribution in [1.82, 2.24) is 21.3 Å². The lowest BCUT2D eigenvalue weighted by molar-refractivity contribution is -0.141. The molecule has 0 aliphatic heterocycles. The number of carbonyl (C=O) groups excluding carboxylic acids is 5. The third-order valence-electron chi connectivity index (χ3n) is 6.03. The quantitative estimate of drug-likeness (QED) is 0.316. The summed E-state index contributed by atoms with van der Waals surface area (Å²) < 4.78 is 0. The highest BCUT2D eigenvalue weighted by Gasteiger charge is 2.35. The topological polar surface area (TPSA) is 133 Å². The van der Waals surface area contributed by atoms with Crippen LogP contribution in [0.4, 0.5) is 0 Å². The van der Waals surface area contributed by atoms with Gasteiger partial charge in [-0.05, 0) is 48.1 Å². The van der Waals surface area contributed by atoms with E-state index in [9.17, 15) is 24.0 Å². The molecule has 2 rings (SSSR count). The molecule has 2 aromatic carbocycles. The zero-order valence-corrected chi connectivity index (χ0v) is 23.9. The van der Waals surface area contributed by atoms with Crippen molar-refractivity contribution in [2.45, 2.75) is 66.2 Å². The maximum absolute atomic E-state index is 13.1. The molecule has 0 saturated heterocycles. The minimum atomic E-state index is -1.09. The molecule has 0 aliphatic carbocycles. The fraction of sp³-hybridized carbons (Fsp3) is 0.414. The van der Waals surface area contributed by atoms with Crippen LogP contribution in [0.2, 0.25) is 5.02 Å². The van der Waals surface area contributed by atoms with Gasteiger partial charge in [0.1, 0.15) is 12.1 Å². The van der Waals surface area contributed by atoms with Crippen LogP contribution in [-0.2, 0) is 25.7 Å². The fourth-order valence-electron chi connectivity index (χ4n) is 3.67. The molecule has 0 spiro atoms. The third kappa shape index (κ3) is 9.51. The summed E-state index contributed by atoms with van der Waals surface area (Å²) in [5.41, 5.74) is 0.475. The van der Waals surface area contributed by atoms with Crippen LogP contribution in [0.1, 0.15) is 57.5 Å². The maximum atomic E-state index is 13.1. The average Bonchev–Trinajstić information content (AvgIpc) is 2.88. The first-order valence-corrected chi connectivity index (χ1v) is 13.1. The number of nitrogens with one attached hydrogen (secondary N) is 4. The van der Waals surface area contributed by atoms with E-state index in [0.717, 1.165) is 5.56 Å². The van der Waals surface area contributed by atoms with Crippen LogP contribution < -0.4 is 21.3 Å². The van der Waals surface area contributed by atoms with Crippen LogP contribution >= 0.6 is 11.6 Å². The number of hydrogen-bond donors (Lipinski definition) is 4. The van der Waals surface area contributed by atoms with Gasteiger partial charge < -0.3 is 21.3 Å². The van der Waals surface area contributed by atoms with E-state index in [-0.39, 0.29) is 12.5 Å². The zero-order valence-electron chi connectivity index (χ0n) is 23.1. The Morgan fingerprint density at radius 3 is 1.92 bits per heavy atom. The van der Waals surface area contributed by atoms with Crippen molar-refractivity contribution >= 4 is 41.0 Å². The van der Waals surface area contributed by atoms with Gasteiger partial charge in [0.15, 0.2) is 0 Å². The largest absolute Gasteiger partial charge is 0.345 e. The molecule has 0 saturated carbocycles. The molecular weight excluding hydrogens is 520 g/mol. The number of amides is 4. The lowest BCUT2D eigenvalue weighted by Gasteiger charge is -2.31. The number of halogens is 1. The van der Waals surface area contributed by atoms with Crippen molar-refractivity contribution in [3.05, 3.63) is 70.7 Å². The molecule has 0 unspecified atom stereocenters. The van der Waals surface area contributed by atoms with E-state index in [4.69, 9.17) is 11.6 Å². The lowest BCUT2D eigenvalue weighted by atomic mass is 9.85. The number of benzene rings is 2. The Labute approximate surface area is 234 Å². The molecule has 9 nitrogen and oxygen atoms in total. The van der Waals surface area contributed by atoms with Crippen molar-refractivity contribution in [3.63, 3.8) is 0 Å². The Morgan fingerprint density at radius 2 is 1.38 bits per heavy atom. The molecule has 0 radical (unpaired) electrons. The fourth-order valence-corrected chi connectivity index (χ4v) is 3.80. The lowest BCUT2D eigenvalue weighted by Crippen LogP contribution is -2.59. The van der Waals surface area contributed by atoms with Crippen LogP contribution in [0.15, 0.2) is 54.6 Å². The predicted molar refractivity (Wildman–Crippen MR) is 150 cm³/mol.